The molecular weight excluding hydrogens is 122 g/mol. The third kappa shape index (κ3) is 5.65. The fraction of sp³-hybridized carbons (Fsp3) is 0.778. The van der Waals surface area contributed by atoms with Gasteiger partial charge in [-0.25, -0.2) is 0 Å². The molecule has 1 atom stereocenters. The Morgan fingerprint density at radius 3 is 2.80 bits per heavy atom. The Morgan fingerprint density at radius 2 is 2.30 bits per heavy atom. The molecule has 0 saturated carbocycles. The minimum atomic E-state index is 0.580. The van der Waals surface area contributed by atoms with E-state index in [0.717, 1.165) is 19.4 Å². The number of terminal acetylenes is 1. The third-order valence-electron chi connectivity index (χ3n) is 1.46. The predicted molar refractivity (Wildman–Crippen MR) is 45.8 cm³/mol. The van der Waals surface area contributed by atoms with Crippen molar-refractivity contribution in [2.24, 2.45) is 0 Å². The van der Waals surface area contributed by atoms with Crippen LogP contribution in [0.15, 0.2) is 0 Å². The highest BCUT2D eigenvalue weighted by Crippen LogP contribution is 1.93. The van der Waals surface area contributed by atoms with Crippen LogP contribution in [-0.2, 0) is 0 Å². The average Bonchev–Trinajstić information content (AvgIpc) is 1.97. The van der Waals surface area contributed by atoms with Gasteiger partial charge in [0.25, 0.3) is 0 Å². The summed E-state index contributed by atoms with van der Waals surface area (Å²) in [6, 6.07) is 0.580. The summed E-state index contributed by atoms with van der Waals surface area (Å²) in [5.74, 6) is 2.64. The molecular formula is C9H17N. The van der Waals surface area contributed by atoms with Crippen LogP contribution in [0, 0.1) is 12.3 Å². The molecule has 0 bridgehead atoms. The second-order valence-corrected chi connectivity index (χ2v) is 2.60. The molecule has 0 aliphatic carbocycles. The molecule has 0 radical (unpaired) electrons. The summed E-state index contributed by atoms with van der Waals surface area (Å²) in [6.07, 6.45) is 8.30. The van der Waals surface area contributed by atoms with E-state index in [1.807, 2.05) is 0 Å². The molecule has 1 heteroatoms. The summed E-state index contributed by atoms with van der Waals surface area (Å²) in [5.41, 5.74) is 0. The van der Waals surface area contributed by atoms with E-state index in [1.165, 1.54) is 6.42 Å². The molecule has 0 rings (SSSR count). The monoisotopic (exact) mass is 139 g/mol. The van der Waals surface area contributed by atoms with E-state index < -0.39 is 0 Å². The second-order valence-electron chi connectivity index (χ2n) is 2.60. The molecule has 1 unspecified atom stereocenters. The molecule has 0 saturated heterocycles. The van der Waals surface area contributed by atoms with Crippen molar-refractivity contribution in [1.82, 2.24) is 5.32 Å². The van der Waals surface area contributed by atoms with Crippen LogP contribution in [0.2, 0.25) is 0 Å². The summed E-state index contributed by atoms with van der Waals surface area (Å²) in [7, 11) is 0. The Hall–Kier alpha value is -0.480. The minimum absolute atomic E-state index is 0.580. The maximum Gasteiger partial charge on any atom is 0.0101 e. The first-order valence-electron chi connectivity index (χ1n) is 3.98. The lowest BCUT2D eigenvalue weighted by Crippen LogP contribution is -2.26. The van der Waals surface area contributed by atoms with Gasteiger partial charge in [-0.05, 0) is 26.3 Å². The Kier molecular flexibility index (Phi) is 6.32. The maximum atomic E-state index is 5.13. The molecule has 0 amide bonds. The highest BCUT2D eigenvalue weighted by molar-refractivity contribution is 4.84. The van der Waals surface area contributed by atoms with E-state index in [9.17, 15) is 0 Å². The van der Waals surface area contributed by atoms with Gasteiger partial charge in [-0.2, -0.15) is 0 Å². The Morgan fingerprint density at radius 1 is 1.60 bits per heavy atom. The number of hydrogen-bond acceptors (Lipinski definition) is 1. The summed E-state index contributed by atoms with van der Waals surface area (Å²) in [4.78, 5) is 0. The molecule has 0 aromatic carbocycles. The summed E-state index contributed by atoms with van der Waals surface area (Å²) in [5, 5.41) is 3.37. The quantitative estimate of drug-likeness (QED) is 0.573. The van der Waals surface area contributed by atoms with E-state index in [4.69, 9.17) is 6.42 Å². The Balaban J connectivity index is 3.10. The molecule has 0 aliphatic heterocycles. The second kappa shape index (κ2) is 6.64. The first kappa shape index (κ1) is 9.52. The molecule has 58 valence electrons. The van der Waals surface area contributed by atoms with Crippen molar-refractivity contribution in [2.75, 3.05) is 6.54 Å². The lowest BCUT2D eigenvalue weighted by atomic mass is 10.2. The SMILES string of the molecule is C#CCCC(C)NCCC. The van der Waals surface area contributed by atoms with E-state index in [2.05, 4.69) is 25.1 Å². The van der Waals surface area contributed by atoms with Crippen LogP contribution in [0.25, 0.3) is 0 Å². The molecule has 0 fully saturated rings. The molecule has 0 aromatic heterocycles. The normalized spacial score (nSPS) is 12.5. The van der Waals surface area contributed by atoms with Gasteiger partial charge >= 0.3 is 0 Å². The zero-order chi connectivity index (χ0) is 7.82. The van der Waals surface area contributed by atoms with Crippen LogP contribution < -0.4 is 5.32 Å². The summed E-state index contributed by atoms with van der Waals surface area (Å²) in [6.45, 7) is 5.44. The summed E-state index contributed by atoms with van der Waals surface area (Å²) < 4.78 is 0. The first-order valence-corrected chi connectivity index (χ1v) is 3.98. The highest BCUT2D eigenvalue weighted by atomic mass is 14.9. The smallest absolute Gasteiger partial charge is 0.0101 e. The number of rotatable bonds is 5. The zero-order valence-electron chi connectivity index (χ0n) is 6.98. The molecule has 0 spiro atoms. The van der Waals surface area contributed by atoms with Gasteiger partial charge in [0.1, 0.15) is 0 Å². The van der Waals surface area contributed by atoms with Crippen molar-refractivity contribution >= 4 is 0 Å². The molecule has 0 aromatic rings. The van der Waals surface area contributed by atoms with Gasteiger partial charge in [0.2, 0.25) is 0 Å². The topological polar surface area (TPSA) is 12.0 Å². The van der Waals surface area contributed by atoms with E-state index >= 15 is 0 Å². The number of hydrogen-bond donors (Lipinski definition) is 1. The number of nitrogens with one attached hydrogen (secondary N) is 1. The largest absolute Gasteiger partial charge is 0.314 e. The molecule has 1 N–H and O–H groups in total. The van der Waals surface area contributed by atoms with Gasteiger partial charge in [-0.3, -0.25) is 0 Å². The molecule has 10 heavy (non-hydrogen) atoms. The Labute approximate surface area is 64.2 Å². The van der Waals surface area contributed by atoms with Crippen molar-refractivity contribution in [3.8, 4) is 12.3 Å². The first-order chi connectivity index (χ1) is 4.81. The lowest BCUT2D eigenvalue weighted by molar-refractivity contribution is 0.520. The highest BCUT2D eigenvalue weighted by Gasteiger charge is 1.96. The standard InChI is InChI=1S/C9H17N/c1-4-6-7-9(3)10-8-5-2/h1,9-10H,5-8H2,2-3H3. The molecule has 1 nitrogen and oxygen atoms in total. The van der Waals surface area contributed by atoms with Crippen molar-refractivity contribution in [3.63, 3.8) is 0 Å². The van der Waals surface area contributed by atoms with Crippen LogP contribution in [0.5, 0.6) is 0 Å². The fourth-order valence-electron chi connectivity index (χ4n) is 0.793. The van der Waals surface area contributed by atoms with Gasteiger partial charge in [0, 0.05) is 12.5 Å². The Bertz CT molecular complexity index is 102. The van der Waals surface area contributed by atoms with Crippen molar-refractivity contribution in [3.05, 3.63) is 0 Å². The third-order valence-corrected chi connectivity index (χ3v) is 1.46. The predicted octanol–water partition coefficient (Wildman–Crippen LogP) is 1.79. The van der Waals surface area contributed by atoms with Gasteiger partial charge in [-0.1, -0.05) is 6.92 Å². The average molecular weight is 139 g/mol. The molecule has 0 aliphatic rings. The van der Waals surface area contributed by atoms with Gasteiger partial charge < -0.3 is 5.32 Å². The fourth-order valence-corrected chi connectivity index (χ4v) is 0.793. The van der Waals surface area contributed by atoms with Gasteiger partial charge in [-0.15, -0.1) is 12.3 Å². The van der Waals surface area contributed by atoms with Gasteiger partial charge in [0.05, 0.1) is 0 Å². The van der Waals surface area contributed by atoms with Crippen LogP contribution in [-0.4, -0.2) is 12.6 Å². The minimum Gasteiger partial charge on any atom is -0.314 e. The maximum absolute atomic E-state index is 5.13. The van der Waals surface area contributed by atoms with Crippen molar-refractivity contribution in [2.45, 2.75) is 39.2 Å². The van der Waals surface area contributed by atoms with Crippen LogP contribution in [0.3, 0.4) is 0 Å². The van der Waals surface area contributed by atoms with Crippen LogP contribution in [0.1, 0.15) is 33.1 Å². The van der Waals surface area contributed by atoms with E-state index in [-0.39, 0.29) is 0 Å². The summed E-state index contributed by atoms with van der Waals surface area (Å²) >= 11 is 0. The van der Waals surface area contributed by atoms with E-state index in [1.54, 1.807) is 0 Å². The molecule has 0 heterocycles. The van der Waals surface area contributed by atoms with Crippen molar-refractivity contribution < 1.29 is 0 Å². The van der Waals surface area contributed by atoms with Crippen LogP contribution >= 0.6 is 0 Å². The lowest BCUT2D eigenvalue weighted by Gasteiger charge is -2.10. The van der Waals surface area contributed by atoms with Crippen LogP contribution in [0.4, 0.5) is 0 Å². The zero-order valence-corrected chi connectivity index (χ0v) is 6.98. The van der Waals surface area contributed by atoms with E-state index in [0.29, 0.717) is 6.04 Å². The van der Waals surface area contributed by atoms with Gasteiger partial charge in [0.15, 0.2) is 0 Å². The van der Waals surface area contributed by atoms with Crippen molar-refractivity contribution in [1.29, 1.82) is 0 Å².